The third-order valence-electron chi connectivity index (χ3n) is 2.91. The summed E-state index contributed by atoms with van der Waals surface area (Å²) >= 11 is 0. The number of ether oxygens (including phenoxy) is 1. The number of carbonyl (C=O) groups excluding carboxylic acids is 1. The molecule has 0 bridgehead atoms. The molecule has 1 saturated heterocycles. The van der Waals surface area contributed by atoms with Crippen molar-refractivity contribution < 1.29 is 9.53 Å². The zero-order valence-corrected chi connectivity index (χ0v) is 9.89. The lowest BCUT2D eigenvalue weighted by Gasteiger charge is -2.09. The molecule has 4 nitrogen and oxygen atoms in total. The normalized spacial score (nSPS) is 19.2. The van der Waals surface area contributed by atoms with Crippen LogP contribution in [0.1, 0.15) is 31.4 Å². The fraction of sp³-hybridized carbons (Fsp3) is 0.538. The van der Waals surface area contributed by atoms with Crippen LogP contribution in [-0.2, 0) is 16.1 Å². The largest absolute Gasteiger partial charge is 0.378 e. The van der Waals surface area contributed by atoms with Gasteiger partial charge in [-0.25, -0.2) is 0 Å². The van der Waals surface area contributed by atoms with Gasteiger partial charge in [0, 0.05) is 19.2 Å². The number of amides is 1. The van der Waals surface area contributed by atoms with E-state index in [2.05, 4.69) is 10.3 Å². The number of rotatable bonds is 5. The number of hydrogen-bond acceptors (Lipinski definition) is 3. The first-order valence-corrected chi connectivity index (χ1v) is 6.13. The lowest BCUT2D eigenvalue weighted by molar-refractivity contribution is -0.121. The summed E-state index contributed by atoms with van der Waals surface area (Å²) in [6, 6.07) is 5.68. The average molecular weight is 234 g/mol. The zero-order valence-electron chi connectivity index (χ0n) is 9.89. The molecule has 92 valence electrons. The summed E-state index contributed by atoms with van der Waals surface area (Å²) in [5, 5.41) is 2.87. The Bertz CT molecular complexity index is 348. The second-order valence-electron chi connectivity index (χ2n) is 4.27. The molecule has 1 fully saturated rings. The van der Waals surface area contributed by atoms with Gasteiger partial charge in [0.05, 0.1) is 18.3 Å². The molecule has 1 aromatic rings. The van der Waals surface area contributed by atoms with Crippen molar-refractivity contribution >= 4 is 5.91 Å². The van der Waals surface area contributed by atoms with E-state index < -0.39 is 0 Å². The molecule has 17 heavy (non-hydrogen) atoms. The summed E-state index contributed by atoms with van der Waals surface area (Å²) in [7, 11) is 0. The lowest BCUT2D eigenvalue weighted by atomic mass is 10.1. The Balaban J connectivity index is 1.64. The van der Waals surface area contributed by atoms with Gasteiger partial charge in [-0.1, -0.05) is 6.07 Å². The molecule has 1 amide bonds. The van der Waals surface area contributed by atoms with E-state index in [-0.39, 0.29) is 12.0 Å². The van der Waals surface area contributed by atoms with Crippen molar-refractivity contribution in [3.8, 4) is 0 Å². The molecule has 1 aromatic heterocycles. The predicted octanol–water partition coefficient (Wildman–Crippen LogP) is 1.66. The van der Waals surface area contributed by atoms with Crippen LogP contribution < -0.4 is 5.32 Å². The third kappa shape index (κ3) is 4.15. The van der Waals surface area contributed by atoms with E-state index in [9.17, 15) is 4.79 Å². The Kier molecular flexibility index (Phi) is 4.50. The van der Waals surface area contributed by atoms with Crippen molar-refractivity contribution in [1.82, 2.24) is 10.3 Å². The van der Waals surface area contributed by atoms with Gasteiger partial charge in [0.2, 0.25) is 5.91 Å². The Morgan fingerprint density at radius 3 is 3.18 bits per heavy atom. The van der Waals surface area contributed by atoms with E-state index in [0.717, 1.165) is 31.6 Å². The van der Waals surface area contributed by atoms with E-state index in [1.54, 1.807) is 6.20 Å². The molecular weight excluding hydrogens is 216 g/mol. The minimum Gasteiger partial charge on any atom is -0.378 e. The van der Waals surface area contributed by atoms with E-state index in [1.165, 1.54) is 0 Å². The fourth-order valence-corrected chi connectivity index (χ4v) is 1.94. The Labute approximate surface area is 101 Å². The summed E-state index contributed by atoms with van der Waals surface area (Å²) < 4.78 is 5.47. The molecule has 1 N–H and O–H groups in total. The zero-order chi connectivity index (χ0) is 11.9. The fourth-order valence-electron chi connectivity index (χ4n) is 1.94. The van der Waals surface area contributed by atoms with Crippen LogP contribution in [-0.4, -0.2) is 23.6 Å². The quantitative estimate of drug-likeness (QED) is 0.843. The van der Waals surface area contributed by atoms with E-state index in [4.69, 9.17) is 4.74 Å². The van der Waals surface area contributed by atoms with Gasteiger partial charge < -0.3 is 10.1 Å². The first-order valence-electron chi connectivity index (χ1n) is 6.13. The molecule has 0 aromatic carbocycles. The van der Waals surface area contributed by atoms with Gasteiger partial charge in [-0.3, -0.25) is 9.78 Å². The third-order valence-corrected chi connectivity index (χ3v) is 2.91. The minimum absolute atomic E-state index is 0.0751. The first-order chi connectivity index (χ1) is 8.34. The smallest absolute Gasteiger partial charge is 0.220 e. The van der Waals surface area contributed by atoms with Crippen LogP contribution in [0.3, 0.4) is 0 Å². The van der Waals surface area contributed by atoms with Crippen LogP contribution in [0.25, 0.3) is 0 Å². The van der Waals surface area contributed by atoms with Crippen LogP contribution >= 0.6 is 0 Å². The van der Waals surface area contributed by atoms with E-state index in [0.29, 0.717) is 13.0 Å². The molecule has 1 aliphatic heterocycles. The topological polar surface area (TPSA) is 51.2 Å². The number of aromatic nitrogens is 1. The maximum absolute atomic E-state index is 11.6. The highest BCUT2D eigenvalue weighted by molar-refractivity contribution is 5.75. The molecule has 1 aliphatic rings. The molecular formula is C13H18N2O2. The highest BCUT2D eigenvalue weighted by atomic mass is 16.5. The van der Waals surface area contributed by atoms with Crippen LogP contribution in [0.15, 0.2) is 24.4 Å². The second-order valence-corrected chi connectivity index (χ2v) is 4.27. The lowest BCUT2D eigenvalue weighted by Crippen LogP contribution is -2.24. The molecule has 0 saturated carbocycles. The van der Waals surface area contributed by atoms with Crippen LogP contribution in [0.5, 0.6) is 0 Å². The van der Waals surface area contributed by atoms with Gasteiger partial charge in [-0.15, -0.1) is 0 Å². The molecule has 2 heterocycles. The standard InChI is InChI=1S/C13H18N2O2/c16-13(7-6-12-5-3-9-17-12)15-10-11-4-1-2-8-14-11/h1-2,4,8,12H,3,5-7,9-10H2,(H,15,16)/t12-/m0/s1. The summed E-state index contributed by atoms with van der Waals surface area (Å²) in [5.41, 5.74) is 0.887. The second kappa shape index (κ2) is 6.35. The van der Waals surface area contributed by atoms with Crippen molar-refractivity contribution in [2.75, 3.05) is 6.61 Å². The van der Waals surface area contributed by atoms with Gasteiger partial charge >= 0.3 is 0 Å². The van der Waals surface area contributed by atoms with E-state index >= 15 is 0 Å². The maximum atomic E-state index is 11.6. The van der Waals surface area contributed by atoms with Crippen LogP contribution in [0, 0.1) is 0 Å². The van der Waals surface area contributed by atoms with Crippen LogP contribution in [0.4, 0.5) is 0 Å². The highest BCUT2D eigenvalue weighted by Crippen LogP contribution is 2.16. The van der Waals surface area contributed by atoms with Crippen molar-refractivity contribution in [1.29, 1.82) is 0 Å². The number of nitrogens with one attached hydrogen (secondary N) is 1. The summed E-state index contributed by atoms with van der Waals surface area (Å²) in [5.74, 6) is 0.0751. The average Bonchev–Trinajstić information content (AvgIpc) is 2.88. The van der Waals surface area contributed by atoms with Crippen molar-refractivity contribution in [3.63, 3.8) is 0 Å². The Hall–Kier alpha value is -1.42. The monoisotopic (exact) mass is 234 g/mol. The van der Waals surface area contributed by atoms with Gasteiger partial charge in [-0.05, 0) is 31.4 Å². The summed E-state index contributed by atoms with van der Waals surface area (Å²) in [6.07, 6.45) is 5.60. The van der Waals surface area contributed by atoms with Crippen molar-refractivity contribution in [2.45, 2.75) is 38.3 Å². The number of nitrogens with zero attached hydrogens (tertiary/aromatic N) is 1. The maximum Gasteiger partial charge on any atom is 0.220 e. The molecule has 0 radical (unpaired) electrons. The molecule has 4 heteroatoms. The summed E-state index contributed by atoms with van der Waals surface area (Å²) in [6.45, 7) is 1.35. The number of hydrogen-bond donors (Lipinski definition) is 1. The predicted molar refractivity (Wildman–Crippen MR) is 64.3 cm³/mol. The van der Waals surface area contributed by atoms with Gasteiger partial charge in [0.25, 0.3) is 0 Å². The Morgan fingerprint density at radius 1 is 1.53 bits per heavy atom. The van der Waals surface area contributed by atoms with Gasteiger partial charge in [-0.2, -0.15) is 0 Å². The first kappa shape index (κ1) is 12.0. The SMILES string of the molecule is O=C(CC[C@@H]1CCCO1)NCc1ccccn1. The number of carbonyl (C=O) groups is 1. The molecule has 0 spiro atoms. The van der Waals surface area contributed by atoms with E-state index in [1.807, 2.05) is 18.2 Å². The number of pyridine rings is 1. The highest BCUT2D eigenvalue weighted by Gasteiger charge is 2.16. The van der Waals surface area contributed by atoms with Crippen molar-refractivity contribution in [2.24, 2.45) is 0 Å². The summed E-state index contributed by atoms with van der Waals surface area (Å²) in [4.78, 5) is 15.7. The Morgan fingerprint density at radius 2 is 2.47 bits per heavy atom. The van der Waals surface area contributed by atoms with Gasteiger partial charge in [0.15, 0.2) is 0 Å². The molecule has 0 aliphatic carbocycles. The van der Waals surface area contributed by atoms with Crippen molar-refractivity contribution in [3.05, 3.63) is 30.1 Å². The van der Waals surface area contributed by atoms with Gasteiger partial charge in [0.1, 0.15) is 0 Å². The molecule has 1 atom stereocenters. The molecule has 0 unspecified atom stereocenters. The van der Waals surface area contributed by atoms with Crippen LogP contribution in [0.2, 0.25) is 0 Å². The molecule has 2 rings (SSSR count). The minimum atomic E-state index is 0.0751.